The van der Waals surface area contributed by atoms with Crippen LogP contribution >= 0.6 is 11.3 Å². The van der Waals surface area contributed by atoms with E-state index in [1.54, 1.807) is 0 Å². The number of hydrogen-bond acceptors (Lipinski definition) is 1. The van der Waals surface area contributed by atoms with Gasteiger partial charge in [0, 0.05) is 64.1 Å². The van der Waals surface area contributed by atoms with E-state index in [4.69, 9.17) is 0 Å². The minimum Gasteiger partial charge on any atom is -0.309 e. The Morgan fingerprint density at radius 2 is 0.981 bits per heavy atom. The van der Waals surface area contributed by atoms with Crippen molar-refractivity contribution in [2.75, 3.05) is 0 Å². The maximum atomic E-state index is 2.47. The van der Waals surface area contributed by atoms with Crippen molar-refractivity contribution < 1.29 is 0 Å². The van der Waals surface area contributed by atoms with Crippen LogP contribution < -0.4 is 0 Å². The number of thiophene rings is 1. The molecule has 3 aromatic heterocycles. The lowest BCUT2D eigenvalue weighted by atomic mass is 9.82. The van der Waals surface area contributed by atoms with Crippen LogP contribution in [0, 0.1) is 0 Å². The van der Waals surface area contributed by atoms with Gasteiger partial charge in [-0.05, 0) is 94.5 Å². The normalized spacial score (nSPS) is 13.5. The summed E-state index contributed by atoms with van der Waals surface area (Å²) in [5, 5.41) is 7.79. The number of aromatic nitrogens is 2. The highest BCUT2D eigenvalue weighted by molar-refractivity contribution is 7.26. The van der Waals surface area contributed by atoms with Gasteiger partial charge in [0.05, 0.1) is 22.1 Å². The van der Waals surface area contributed by atoms with Crippen molar-refractivity contribution in [1.82, 2.24) is 9.13 Å². The van der Waals surface area contributed by atoms with Crippen molar-refractivity contribution in [2.24, 2.45) is 0 Å². The van der Waals surface area contributed by atoms with Crippen LogP contribution in [0.4, 0.5) is 0 Å². The zero-order valence-corrected chi connectivity index (χ0v) is 30.8. The van der Waals surface area contributed by atoms with Crippen molar-refractivity contribution in [3.8, 4) is 33.6 Å². The largest absolute Gasteiger partial charge is 0.309 e. The van der Waals surface area contributed by atoms with Crippen LogP contribution in [-0.2, 0) is 5.41 Å². The zero-order chi connectivity index (χ0) is 35.7. The fourth-order valence-electron chi connectivity index (χ4n) is 9.57. The summed E-state index contributed by atoms with van der Waals surface area (Å²) in [4.78, 5) is 0. The van der Waals surface area contributed by atoms with Gasteiger partial charge in [-0.25, -0.2) is 0 Å². The lowest BCUT2D eigenvalue weighted by molar-refractivity contribution is 0.660. The molecule has 3 heterocycles. The van der Waals surface area contributed by atoms with E-state index in [-0.39, 0.29) is 5.41 Å². The number of hydrogen-bond donors (Lipinski definition) is 0. The van der Waals surface area contributed by atoms with E-state index in [0.717, 1.165) is 0 Å². The fraction of sp³-hybridized carbons (Fsp3) is 0.0588. The summed E-state index contributed by atoms with van der Waals surface area (Å²) < 4.78 is 7.61. The number of fused-ring (bicyclic) bond motifs is 13. The smallest absolute Gasteiger partial charge is 0.0541 e. The first-order valence-corrected chi connectivity index (χ1v) is 19.6. The molecule has 1 aliphatic carbocycles. The second-order valence-corrected chi connectivity index (χ2v) is 16.4. The molecule has 0 spiro atoms. The van der Waals surface area contributed by atoms with Gasteiger partial charge in [0.15, 0.2) is 0 Å². The highest BCUT2D eigenvalue weighted by atomic mass is 32.1. The molecule has 1 aliphatic rings. The van der Waals surface area contributed by atoms with E-state index in [1.807, 2.05) is 11.3 Å². The number of nitrogens with zero attached hydrogens (tertiary/aromatic N) is 2. The molecule has 0 unspecified atom stereocenters. The molecule has 3 heteroatoms. The number of para-hydroxylation sites is 3. The molecular formula is C51H34N2S. The molecule has 2 nitrogen and oxygen atoms in total. The molecule has 0 aliphatic heterocycles. The summed E-state index contributed by atoms with van der Waals surface area (Å²) >= 11 is 1.93. The SMILES string of the molecule is CC1(C)c2cc(-n3c4ccccc4c4cc(-c5ccc6c(c5)c5ccccc5n6-c5ccccc5)ccc43)ccc2-c2c1ccc1c2sc2ccccc21. The zero-order valence-electron chi connectivity index (χ0n) is 30.0. The summed E-state index contributed by atoms with van der Waals surface area (Å²) in [6.07, 6.45) is 0. The van der Waals surface area contributed by atoms with Gasteiger partial charge in [0.2, 0.25) is 0 Å². The van der Waals surface area contributed by atoms with Gasteiger partial charge in [-0.15, -0.1) is 11.3 Å². The Bertz CT molecular complexity index is 3350. The van der Waals surface area contributed by atoms with E-state index in [9.17, 15) is 0 Å². The third-order valence-electron chi connectivity index (χ3n) is 12.1. The molecule has 0 atom stereocenters. The Labute approximate surface area is 316 Å². The predicted octanol–water partition coefficient (Wildman–Crippen LogP) is 14.2. The van der Waals surface area contributed by atoms with Gasteiger partial charge >= 0.3 is 0 Å². The molecule has 8 aromatic carbocycles. The van der Waals surface area contributed by atoms with E-state index in [0.29, 0.717) is 0 Å². The molecule has 254 valence electrons. The highest BCUT2D eigenvalue weighted by Gasteiger charge is 2.37. The molecule has 0 N–H and O–H groups in total. The van der Waals surface area contributed by atoms with Gasteiger partial charge in [-0.1, -0.05) is 117 Å². The van der Waals surface area contributed by atoms with Crippen LogP contribution in [0.3, 0.4) is 0 Å². The molecule has 0 amide bonds. The van der Waals surface area contributed by atoms with Crippen molar-refractivity contribution in [1.29, 1.82) is 0 Å². The van der Waals surface area contributed by atoms with Gasteiger partial charge in [-0.2, -0.15) is 0 Å². The lowest BCUT2D eigenvalue weighted by Gasteiger charge is -2.22. The first-order valence-electron chi connectivity index (χ1n) is 18.8. The van der Waals surface area contributed by atoms with Crippen molar-refractivity contribution >= 4 is 75.1 Å². The highest BCUT2D eigenvalue weighted by Crippen LogP contribution is 2.54. The molecular weight excluding hydrogens is 673 g/mol. The molecule has 0 radical (unpaired) electrons. The number of benzene rings is 8. The van der Waals surface area contributed by atoms with Crippen molar-refractivity contribution in [3.63, 3.8) is 0 Å². The Morgan fingerprint density at radius 1 is 0.407 bits per heavy atom. The third-order valence-corrected chi connectivity index (χ3v) is 13.3. The topological polar surface area (TPSA) is 9.86 Å². The monoisotopic (exact) mass is 706 g/mol. The van der Waals surface area contributed by atoms with Gasteiger partial charge < -0.3 is 9.13 Å². The maximum absolute atomic E-state index is 2.47. The molecule has 11 aromatic rings. The summed E-state index contributed by atoms with van der Waals surface area (Å²) in [6, 6.07) is 63.1. The number of rotatable bonds is 3. The fourth-order valence-corrected chi connectivity index (χ4v) is 10.8. The Kier molecular flexibility index (Phi) is 6.03. The molecule has 0 saturated carbocycles. The Hall–Kier alpha value is -6.42. The van der Waals surface area contributed by atoms with Gasteiger partial charge in [-0.3, -0.25) is 0 Å². The average molecular weight is 707 g/mol. The Balaban J connectivity index is 1.02. The minimum atomic E-state index is -0.112. The van der Waals surface area contributed by atoms with E-state index >= 15 is 0 Å². The standard InChI is InChI=1S/C51H34N2S/c1-51(2)42-25-24-38-37-16-8-11-19-48(37)54-50(38)49(42)39-23-22-34(30-43(39)51)53-45-18-10-7-15-36(45)41-29-32(21-27-47(41)53)31-20-26-46-40(28-31)35-14-6-9-17-44(35)52(46)33-12-4-3-5-13-33/h3-30H,1-2H3. The quantitative estimate of drug-likeness (QED) is 0.173. The van der Waals surface area contributed by atoms with E-state index < -0.39 is 0 Å². The molecule has 12 rings (SSSR count). The molecule has 0 bridgehead atoms. The summed E-state index contributed by atoms with van der Waals surface area (Å²) in [5.41, 5.74) is 15.2. The van der Waals surface area contributed by atoms with Crippen LogP contribution in [0.2, 0.25) is 0 Å². The van der Waals surface area contributed by atoms with Crippen LogP contribution in [0.1, 0.15) is 25.0 Å². The van der Waals surface area contributed by atoms with Crippen LogP contribution in [0.15, 0.2) is 170 Å². The second-order valence-electron chi connectivity index (χ2n) is 15.3. The van der Waals surface area contributed by atoms with Gasteiger partial charge in [0.25, 0.3) is 0 Å². The predicted molar refractivity (Wildman–Crippen MR) is 231 cm³/mol. The molecule has 0 fully saturated rings. The summed E-state index contributed by atoms with van der Waals surface area (Å²) in [5.74, 6) is 0. The van der Waals surface area contributed by atoms with Gasteiger partial charge in [0.1, 0.15) is 0 Å². The minimum absolute atomic E-state index is 0.112. The third kappa shape index (κ3) is 4.00. The van der Waals surface area contributed by atoms with Crippen LogP contribution in [-0.4, -0.2) is 9.13 Å². The average Bonchev–Trinajstić information content (AvgIpc) is 3.93. The first-order chi connectivity index (χ1) is 26.5. The van der Waals surface area contributed by atoms with E-state index in [1.165, 1.54) is 109 Å². The van der Waals surface area contributed by atoms with Crippen molar-refractivity contribution in [3.05, 3.63) is 181 Å². The van der Waals surface area contributed by atoms with E-state index in [2.05, 4.69) is 193 Å². The maximum Gasteiger partial charge on any atom is 0.0541 e. The van der Waals surface area contributed by atoms with Crippen LogP contribution in [0.5, 0.6) is 0 Å². The first kappa shape index (κ1) is 30.1. The summed E-state index contributed by atoms with van der Waals surface area (Å²) in [6.45, 7) is 4.79. The second kappa shape index (κ2) is 10.8. The molecule has 54 heavy (non-hydrogen) atoms. The van der Waals surface area contributed by atoms with Crippen LogP contribution in [0.25, 0.3) is 97.4 Å². The Morgan fingerprint density at radius 3 is 1.67 bits per heavy atom. The summed E-state index contributed by atoms with van der Waals surface area (Å²) in [7, 11) is 0. The molecule has 0 saturated heterocycles. The lowest BCUT2D eigenvalue weighted by Crippen LogP contribution is -2.15. The van der Waals surface area contributed by atoms with Crippen molar-refractivity contribution in [2.45, 2.75) is 19.3 Å².